The van der Waals surface area contributed by atoms with Gasteiger partial charge < -0.3 is 10.2 Å². The molecule has 2 saturated heterocycles. The van der Waals surface area contributed by atoms with Crippen LogP contribution in [0.5, 0.6) is 0 Å². The fraction of sp³-hybridized carbons (Fsp3) is 0.600. The Labute approximate surface area is 173 Å². The van der Waals surface area contributed by atoms with E-state index in [4.69, 9.17) is 11.6 Å². The Morgan fingerprint density at radius 1 is 1.14 bits per heavy atom. The predicted octanol–water partition coefficient (Wildman–Crippen LogP) is 4.02. The molecule has 29 heavy (non-hydrogen) atoms. The van der Waals surface area contributed by atoms with Crippen molar-refractivity contribution in [2.75, 3.05) is 31.5 Å². The molecule has 2 heterocycles. The molecule has 2 fully saturated rings. The molecule has 3 rings (SSSR count). The lowest BCUT2D eigenvalue weighted by Gasteiger charge is -2.36. The molecule has 1 unspecified atom stereocenters. The molecule has 1 atom stereocenters. The second-order valence-electron chi connectivity index (χ2n) is 7.70. The SMILES string of the molecule is CC(C(=O)Nc1ccc(Cl)c(C(F)(F)F)c1)N1CCC(C(=O)N2CCCC2)CC1. The molecule has 2 aliphatic heterocycles. The van der Waals surface area contributed by atoms with Gasteiger partial charge in [0, 0.05) is 24.7 Å². The quantitative estimate of drug-likeness (QED) is 0.783. The van der Waals surface area contributed by atoms with Crippen LogP contribution in [0.2, 0.25) is 5.02 Å². The van der Waals surface area contributed by atoms with Crippen LogP contribution in [0.1, 0.15) is 38.2 Å². The summed E-state index contributed by atoms with van der Waals surface area (Å²) in [5.74, 6) is -0.185. The number of carbonyl (C=O) groups excluding carboxylic acids is 2. The van der Waals surface area contributed by atoms with Crippen molar-refractivity contribution in [2.24, 2.45) is 5.92 Å². The molecule has 2 aliphatic rings. The first-order valence-corrected chi connectivity index (χ1v) is 10.2. The summed E-state index contributed by atoms with van der Waals surface area (Å²) in [6.07, 6.45) is -1.10. The zero-order chi connectivity index (χ0) is 21.2. The van der Waals surface area contributed by atoms with Crippen LogP contribution in [0.15, 0.2) is 18.2 Å². The summed E-state index contributed by atoms with van der Waals surface area (Å²) in [7, 11) is 0. The first-order valence-electron chi connectivity index (χ1n) is 9.87. The van der Waals surface area contributed by atoms with E-state index in [1.165, 1.54) is 6.07 Å². The van der Waals surface area contributed by atoms with E-state index in [9.17, 15) is 22.8 Å². The summed E-state index contributed by atoms with van der Waals surface area (Å²) in [5, 5.41) is 2.13. The summed E-state index contributed by atoms with van der Waals surface area (Å²) >= 11 is 5.62. The zero-order valence-electron chi connectivity index (χ0n) is 16.3. The minimum Gasteiger partial charge on any atom is -0.342 e. The molecule has 0 saturated carbocycles. The standard InChI is InChI=1S/C20H25ClF3N3O2/c1-13(18(28)25-15-4-5-17(21)16(12-15)20(22,23)24)26-10-6-14(7-11-26)19(29)27-8-2-3-9-27/h4-5,12-14H,2-3,6-11H2,1H3,(H,25,28). The summed E-state index contributed by atoms with van der Waals surface area (Å²) in [4.78, 5) is 28.9. The van der Waals surface area contributed by atoms with Crippen molar-refractivity contribution in [3.63, 3.8) is 0 Å². The Kier molecular flexibility index (Phi) is 6.73. The summed E-state index contributed by atoms with van der Waals surface area (Å²) < 4.78 is 39.0. The van der Waals surface area contributed by atoms with Crippen LogP contribution in [0.4, 0.5) is 18.9 Å². The van der Waals surface area contributed by atoms with Crippen LogP contribution in [-0.2, 0) is 15.8 Å². The highest BCUT2D eigenvalue weighted by Crippen LogP contribution is 2.36. The van der Waals surface area contributed by atoms with Crippen LogP contribution in [-0.4, -0.2) is 53.8 Å². The molecular formula is C20H25ClF3N3O2. The maximum Gasteiger partial charge on any atom is 0.417 e. The van der Waals surface area contributed by atoms with Gasteiger partial charge in [-0.15, -0.1) is 0 Å². The minimum absolute atomic E-state index is 0.00906. The largest absolute Gasteiger partial charge is 0.417 e. The van der Waals surface area contributed by atoms with Crippen molar-refractivity contribution in [3.05, 3.63) is 28.8 Å². The number of hydrogen-bond acceptors (Lipinski definition) is 3. The number of nitrogens with one attached hydrogen (secondary N) is 1. The van der Waals surface area contributed by atoms with Crippen LogP contribution >= 0.6 is 11.6 Å². The predicted molar refractivity (Wildman–Crippen MR) is 105 cm³/mol. The summed E-state index contributed by atoms with van der Waals surface area (Å²) in [6, 6.07) is 2.81. The highest BCUT2D eigenvalue weighted by Gasteiger charge is 2.35. The lowest BCUT2D eigenvalue weighted by Crippen LogP contribution is -2.48. The summed E-state index contributed by atoms with van der Waals surface area (Å²) in [5.41, 5.74) is -0.927. The van der Waals surface area contributed by atoms with Gasteiger partial charge in [0.1, 0.15) is 0 Å². The number of piperidine rings is 1. The number of likely N-dealkylation sites (tertiary alicyclic amines) is 2. The first kappa shape index (κ1) is 21.9. The van der Waals surface area contributed by atoms with Crippen molar-refractivity contribution in [1.29, 1.82) is 0 Å². The molecular weight excluding hydrogens is 407 g/mol. The van der Waals surface area contributed by atoms with E-state index >= 15 is 0 Å². The number of halogens is 4. The number of nitrogens with zero attached hydrogens (tertiary/aromatic N) is 2. The van der Waals surface area contributed by atoms with Crippen LogP contribution < -0.4 is 5.32 Å². The van der Waals surface area contributed by atoms with E-state index < -0.39 is 22.8 Å². The number of anilines is 1. The van der Waals surface area contributed by atoms with Gasteiger partial charge in [-0.1, -0.05) is 11.6 Å². The third-order valence-corrected chi connectivity index (χ3v) is 6.09. The Balaban J connectivity index is 1.55. The first-order chi connectivity index (χ1) is 13.7. The average Bonchev–Trinajstić information content (AvgIpc) is 3.22. The molecule has 0 aromatic heterocycles. The molecule has 1 aromatic rings. The maximum absolute atomic E-state index is 13.0. The molecule has 0 aliphatic carbocycles. The van der Waals surface area contributed by atoms with E-state index in [0.29, 0.717) is 25.9 Å². The van der Waals surface area contributed by atoms with Gasteiger partial charge in [0.05, 0.1) is 16.6 Å². The van der Waals surface area contributed by atoms with E-state index in [2.05, 4.69) is 5.32 Å². The van der Waals surface area contributed by atoms with Crippen molar-refractivity contribution in [3.8, 4) is 0 Å². The smallest absolute Gasteiger partial charge is 0.342 e. The maximum atomic E-state index is 13.0. The Bertz CT molecular complexity index is 758. The van der Waals surface area contributed by atoms with Gasteiger partial charge in [0.2, 0.25) is 11.8 Å². The van der Waals surface area contributed by atoms with Gasteiger partial charge in [0.15, 0.2) is 0 Å². The lowest BCUT2D eigenvalue weighted by molar-refractivity contribution is -0.138. The highest BCUT2D eigenvalue weighted by molar-refractivity contribution is 6.31. The number of benzene rings is 1. The van der Waals surface area contributed by atoms with Crippen molar-refractivity contribution >= 4 is 29.1 Å². The fourth-order valence-corrected chi connectivity index (χ4v) is 4.19. The number of amides is 2. The molecule has 0 spiro atoms. The summed E-state index contributed by atoms with van der Waals surface area (Å²) in [6.45, 7) is 4.59. The van der Waals surface area contributed by atoms with Crippen molar-refractivity contribution in [2.45, 2.75) is 44.8 Å². The molecule has 1 N–H and O–H groups in total. The Morgan fingerprint density at radius 3 is 2.34 bits per heavy atom. The highest BCUT2D eigenvalue weighted by atomic mass is 35.5. The third kappa shape index (κ3) is 5.22. The minimum atomic E-state index is -4.59. The van der Waals surface area contributed by atoms with Crippen LogP contribution in [0.25, 0.3) is 0 Å². The van der Waals surface area contributed by atoms with Gasteiger partial charge in [-0.3, -0.25) is 14.5 Å². The third-order valence-electron chi connectivity index (χ3n) is 5.76. The van der Waals surface area contributed by atoms with Gasteiger partial charge >= 0.3 is 6.18 Å². The molecule has 1 aromatic carbocycles. The lowest BCUT2D eigenvalue weighted by atomic mass is 9.94. The van der Waals surface area contributed by atoms with Gasteiger partial charge in [-0.25, -0.2) is 0 Å². The van der Waals surface area contributed by atoms with Crippen LogP contribution in [0, 0.1) is 5.92 Å². The van der Waals surface area contributed by atoms with Crippen molar-refractivity contribution in [1.82, 2.24) is 9.80 Å². The normalized spacial score (nSPS) is 20.0. The van der Waals surface area contributed by atoms with E-state index in [0.717, 1.165) is 38.1 Å². The monoisotopic (exact) mass is 431 g/mol. The zero-order valence-corrected chi connectivity index (χ0v) is 17.0. The molecule has 0 bridgehead atoms. The van der Waals surface area contributed by atoms with Gasteiger partial charge in [-0.05, 0) is 63.9 Å². The molecule has 9 heteroatoms. The number of hydrogen-bond donors (Lipinski definition) is 1. The number of rotatable bonds is 4. The number of carbonyl (C=O) groups is 2. The molecule has 5 nitrogen and oxygen atoms in total. The fourth-order valence-electron chi connectivity index (χ4n) is 3.96. The van der Waals surface area contributed by atoms with Crippen molar-refractivity contribution < 1.29 is 22.8 Å². The van der Waals surface area contributed by atoms with Crippen LogP contribution in [0.3, 0.4) is 0 Å². The van der Waals surface area contributed by atoms with E-state index in [1.54, 1.807) is 6.92 Å². The second kappa shape index (κ2) is 8.92. The van der Waals surface area contributed by atoms with Gasteiger partial charge in [-0.2, -0.15) is 13.2 Å². The Morgan fingerprint density at radius 2 is 1.76 bits per heavy atom. The van der Waals surface area contributed by atoms with E-state index in [-0.39, 0.29) is 23.4 Å². The van der Waals surface area contributed by atoms with Gasteiger partial charge in [0.25, 0.3) is 0 Å². The Hall–Kier alpha value is -1.80. The average molecular weight is 432 g/mol. The molecule has 0 radical (unpaired) electrons. The number of alkyl halides is 3. The second-order valence-corrected chi connectivity index (χ2v) is 8.11. The molecule has 160 valence electrons. The molecule has 2 amide bonds. The topological polar surface area (TPSA) is 52.7 Å². The van der Waals surface area contributed by atoms with E-state index in [1.807, 2.05) is 9.80 Å².